The van der Waals surface area contributed by atoms with Gasteiger partial charge in [-0.3, -0.25) is 4.79 Å². The Morgan fingerprint density at radius 2 is 1.63 bits per heavy atom. The van der Waals surface area contributed by atoms with E-state index >= 15 is 0 Å². The summed E-state index contributed by atoms with van der Waals surface area (Å²) in [5.74, 6) is 0.0381. The van der Waals surface area contributed by atoms with E-state index in [2.05, 4.69) is 6.92 Å². The first-order chi connectivity index (χ1) is 13.0. The predicted octanol–water partition coefficient (Wildman–Crippen LogP) is 5.12. The number of aromatic hydroxyl groups is 1. The molecule has 0 heterocycles. The number of ketones is 1. The third-order valence-corrected chi connectivity index (χ3v) is 4.70. The van der Waals surface area contributed by atoms with Gasteiger partial charge in [0.05, 0.1) is 12.7 Å². The second-order valence-corrected chi connectivity index (χ2v) is 6.77. The van der Waals surface area contributed by atoms with E-state index in [1.807, 2.05) is 18.2 Å². The topological polar surface area (TPSA) is 63.6 Å². The van der Waals surface area contributed by atoms with Crippen LogP contribution >= 0.6 is 0 Å². The molecule has 4 nitrogen and oxygen atoms in total. The van der Waals surface area contributed by atoms with Crippen molar-refractivity contribution < 1.29 is 19.4 Å². The Labute approximate surface area is 161 Å². The Morgan fingerprint density at radius 3 is 2.30 bits per heavy atom. The van der Waals surface area contributed by atoms with Gasteiger partial charge >= 0.3 is 5.97 Å². The summed E-state index contributed by atoms with van der Waals surface area (Å²) < 4.78 is 4.70. The van der Waals surface area contributed by atoms with Crippen molar-refractivity contribution in [3.63, 3.8) is 0 Å². The van der Waals surface area contributed by atoms with Crippen molar-refractivity contribution >= 4 is 11.8 Å². The second-order valence-electron chi connectivity index (χ2n) is 6.77. The molecule has 0 aliphatic heterocycles. The number of methoxy groups -OCH3 is 1. The maximum atomic E-state index is 12.3. The van der Waals surface area contributed by atoms with Gasteiger partial charge < -0.3 is 9.84 Å². The molecule has 0 unspecified atom stereocenters. The first-order valence-electron chi connectivity index (χ1n) is 9.57. The quantitative estimate of drug-likeness (QED) is 0.359. The lowest BCUT2D eigenvalue weighted by Crippen LogP contribution is -2.01. The third kappa shape index (κ3) is 6.24. The molecule has 144 valence electrons. The van der Waals surface area contributed by atoms with Gasteiger partial charge in [0.2, 0.25) is 0 Å². The monoisotopic (exact) mass is 368 g/mol. The predicted molar refractivity (Wildman–Crippen MR) is 106 cm³/mol. The standard InChI is InChI=1S/C23H28O4/c1-3-4-5-9-21(24)20-14-15-22(25)19(16-20)8-6-7-17-10-12-18(13-11-17)23(26)27-2/h10-16,25H,3-9H2,1-2H3. The molecule has 2 aromatic rings. The van der Waals surface area contributed by atoms with E-state index in [0.717, 1.165) is 43.2 Å². The molecule has 0 fully saturated rings. The van der Waals surface area contributed by atoms with E-state index in [4.69, 9.17) is 4.74 Å². The second kappa shape index (κ2) is 10.5. The summed E-state index contributed by atoms with van der Waals surface area (Å²) in [6.45, 7) is 2.12. The highest BCUT2D eigenvalue weighted by Gasteiger charge is 2.10. The minimum Gasteiger partial charge on any atom is -0.508 e. The number of Topliss-reactive ketones (excluding diaryl/α,β-unsaturated/α-hetero) is 1. The molecule has 0 amide bonds. The number of rotatable bonds is 10. The van der Waals surface area contributed by atoms with Crippen molar-refractivity contribution in [2.24, 2.45) is 0 Å². The summed E-state index contributed by atoms with van der Waals surface area (Å²) in [6.07, 6.45) is 5.99. The van der Waals surface area contributed by atoms with Gasteiger partial charge in [0.25, 0.3) is 0 Å². The van der Waals surface area contributed by atoms with Crippen LogP contribution in [0.5, 0.6) is 5.75 Å². The number of phenolic OH excluding ortho intramolecular Hbond substituents is 1. The summed E-state index contributed by atoms with van der Waals surface area (Å²) in [4.78, 5) is 23.7. The molecule has 0 spiro atoms. The Morgan fingerprint density at radius 1 is 0.926 bits per heavy atom. The fraction of sp³-hybridized carbons (Fsp3) is 0.391. The Balaban J connectivity index is 1.92. The summed E-state index contributed by atoms with van der Waals surface area (Å²) in [5, 5.41) is 10.1. The van der Waals surface area contributed by atoms with E-state index in [1.165, 1.54) is 7.11 Å². The van der Waals surface area contributed by atoms with Crippen LogP contribution in [-0.2, 0) is 17.6 Å². The van der Waals surface area contributed by atoms with Gasteiger partial charge in [0.1, 0.15) is 5.75 Å². The number of hydrogen-bond acceptors (Lipinski definition) is 4. The molecule has 0 aliphatic rings. The molecule has 4 heteroatoms. The molecular formula is C23H28O4. The SMILES string of the molecule is CCCCCC(=O)c1ccc(O)c(CCCc2ccc(C(=O)OC)cc2)c1. The lowest BCUT2D eigenvalue weighted by atomic mass is 9.98. The third-order valence-electron chi connectivity index (χ3n) is 4.70. The minimum absolute atomic E-state index is 0.142. The Kier molecular flexibility index (Phi) is 8.05. The van der Waals surface area contributed by atoms with E-state index in [0.29, 0.717) is 24.0 Å². The lowest BCUT2D eigenvalue weighted by molar-refractivity contribution is 0.0600. The van der Waals surface area contributed by atoms with Crippen molar-refractivity contribution in [2.45, 2.75) is 51.9 Å². The molecule has 0 radical (unpaired) electrons. The number of hydrogen-bond donors (Lipinski definition) is 1. The molecule has 0 aliphatic carbocycles. The van der Waals surface area contributed by atoms with Crippen LogP contribution in [0.3, 0.4) is 0 Å². The number of carbonyl (C=O) groups is 2. The van der Waals surface area contributed by atoms with Crippen LogP contribution in [0, 0.1) is 0 Å². The number of carbonyl (C=O) groups excluding carboxylic acids is 2. The van der Waals surface area contributed by atoms with Gasteiger partial charge in [-0.05, 0) is 67.1 Å². The molecule has 2 rings (SSSR count). The van der Waals surface area contributed by atoms with Crippen molar-refractivity contribution in [2.75, 3.05) is 7.11 Å². The van der Waals surface area contributed by atoms with Crippen LogP contribution in [0.4, 0.5) is 0 Å². The summed E-state index contributed by atoms with van der Waals surface area (Å²) >= 11 is 0. The number of unbranched alkanes of at least 4 members (excludes halogenated alkanes) is 2. The van der Waals surface area contributed by atoms with Crippen LogP contribution in [0.1, 0.15) is 70.9 Å². The van der Waals surface area contributed by atoms with Crippen molar-refractivity contribution in [3.8, 4) is 5.75 Å². The minimum atomic E-state index is -0.341. The van der Waals surface area contributed by atoms with Crippen LogP contribution in [0.15, 0.2) is 42.5 Å². The van der Waals surface area contributed by atoms with Gasteiger partial charge in [-0.15, -0.1) is 0 Å². The van der Waals surface area contributed by atoms with Crippen molar-refractivity contribution in [3.05, 3.63) is 64.7 Å². The summed E-state index contributed by atoms with van der Waals surface area (Å²) in [6, 6.07) is 12.5. The molecule has 2 aromatic carbocycles. The van der Waals surface area contributed by atoms with Gasteiger partial charge in [0, 0.05) is 12.0 Å². The zero-order valence-electron chi connectivity index (χ0n) is 16.2. The lowest BCUT2D eigenvalue weighted by Gasteiger charge is -2.08. The average molecular weight is 368 g/mol. The van der Waals surface area contributed by atoms with Crippen LogP contribution in [0.25, 0.3) is 0 Å². The van der Waals surface area contributed by atoms with E-state index < -0.39 is 0 Å². The molecule has 0 bridgehead atoms. The Hall–Kier alpha value is -2.62. The zero-order valence-corrected chi connectivity index (χ0v) is 16.2. The van der Waals surface area contributed by atoms with Crippen molar-refractivity contribution in [1.82, 2.24) is 0 Å². The van der Waals surface area contributed by atoms with Gasteiger partial charge in [-0.1, -0.05) is 31.9 Å². The van der Waals surface area contributed by atoms with E-state index in [-0.39, 0.29) is 17.5 Å². The van der Waals surface area contributed by atoms with Crippen LogP contribution in [-0.4, -0.2) is 24.0 Å². The van der Waals surface area contributed by atoms with Crippen LogP contribution in [0.2, 0.25) is 0 Å². The molecule has 0 saturated carbocycles. The number of benzene rings is 2. The first-order valence-corrected chi connectivity index (χ1v) is 9.57. The van der Waals surface area contributed by atoms with Crippen LogP contribution < -0.4 is 0 Å². The maximum Gasteiger partial charge on any atom is 0.337 e. The molecule has 1 N–H and O–H groups in total. The number of ether oxygens (including phenoxy) is 1. The van der Waals surface area contributed by atoms with Gasteiger partial charge in [-0.25, -0.2) is 4.79 Å². The fourth-order valence-corrected chi connectivity index (χ4v) is 3.05. The molecular weight excluding hydrogens is 340 g/mol. The molecule has 0 atom stereocenters. The number of phenols is 1. The molecule has 27 heavy (non-hydrogen) atoms. The zero-order chi connectivity index (χ0) is 19.6. The average Bonchev–Trinajstić information content (AvgIpc) is 2.69. The largest absolute Gasteiger partial charge is 0.508 e. The summed E-state index contributed by atoms with van der Waals surface area (Å²) in [5.41, 5.74) is 3.14. The van der Waals surface area contributed by atoms with Gasteiger partial charge in [-0.2, -0.15) is 0 Å². The number of esters is 1. The van der Waals surface area contributed by atoms with Gasteiger partial charge in [0.15, 0.2) is 5.78 Å². The van der Waals surface area contributed by atoms with E-state index in [1.54, 1.807) is 24.3 Å². The normalized spacial score (nSPS) is 10.6. The van der Waals surface area contributed by atoms with Crippen molar-refractivity contribution in [1.29, 1.82) is 0 Å². The highest BCUT2D eigenvalue weighted by atomic mass is 16.5. The fourth-order valence-electron chi connectivity index (χ4n) is 3.05. The maximum absolute atomic E-state index is 12.3. The summed E-state index contributed by atoms with van der Waals surface area (Å²) in [7, 11) is 1.37. The highest BCUT2D eigenvalue weighted by Crippen LogP contribution is 2.22. The molecule has 0 saturated heterocycles. The molecule has 0 aromatic heterocycles. The smallest absolute Gasteiger partial charge is 0.337 e. The number of aryl methyl sites for hydroxylation is 2. The van der Waals surface area contributed by atoms with E-state index in [9.17, 15) is 14.7 Å². The Bertz CT molecular complexity index is 762. The first kappa shape index (κ1) is 20.7. The highest BCUT2D eigenvalue weighted by molar-refractivity contribution is 5.96.